The number of carbonyl (C=O) groups excluding carboxylic acids is 1. The number of nitrogens with one attached hydrogen (secondary N) is 1. The molecule has 24 heavy (non-hydrogen) atoms. The van der Waals surface area contributed by atoms with Gasteiger partial charge in [0, 0.05) is 16.3 Å². The Hall–Kier alpha value is -2.14. The van der Waals surface area contributed by atoms with Gasteiger partial charge < -0.3 is 5.32 Å². The van der Waals surface area contributed by atoms with E-state index in [0.29, 0.717) is 20.7 Å². The van der Waals surface area contributed by atoms with Gasteiger partial charge in [0.1, 0.15) is 10.7 Å². The normalized spacial score (nSPS) is 11.1. The number of nitrogens with zero attached hydrogens (tertiary/aromatic N) is 1. The summed E-state index contributed by atoms with van der Waals surface area (Å²) in [6, 6.07) is 15.3. The Labute approximate surface area is 151 Å². The van der Waals surface area contributed by atoms with Crippen molar-refractivity contribution in [3.05, 3.63) is 69.7 Å². The highest BCUT2D eigenvalue weighted by Crippen LogP contribution is 2.39. The fourth-order valence-corrected chi connectivity index (χ4v) is 4.18. The van der Waals surface area contributed by atoms with Crippen LogP contribution in [0.3, 0.4) is 0 Å². The van der Waals surface area contributed by atoms with E-state index in [4.69, 9.17) is 23.2 Å². The van der Waals surface area contributed by atoms with Crippen LogP contribution in [0.5, 0.6) is 0 Å². The first-order chi connectivity index (χ1) is 11.6. The highest BCUT2D eigenvalue weighted by Gasteiger charge is 2.19. The van der Waals surface area contributed by atoms with Crippen molar-refractivity contribution in [1.82, 2.24) is 4.98 Å². The number of aromatic nitrogens is 1. The van der Waals surface area contributed by atoms with Gasteiger partial charge in [-0.1, -0.05) is 53.5 Å². The molecule has 4 rings (SSSR count). The highest BCUT2D eigenvalue weighted by atomic mass is 35.5. The molecule has 0 aliphatic carbocycles. The van der Waals surface area contributed by atoms with E-state index >= 15 is 0 Å². The first-order valence-corrected chi connectivity index (χ1v) is 8.73. The van der Waals surface area contributed by atoms with E-state index in [2.05, 4.69) is 10.3 Å². The maximum atomic E-state index is 12.6. The maximum absolute atomic E-state index is 12.6. The first-order valence-electron chi connectivity index (χ1n) is 7.16. The zero-order valence-electron chi connectivity index (χ0n) is 12.2. The largest absolute Gasteiger partial charge is 0.306 e. The van der Waals surface area contributed by atoms with Crippen molar-refractivity contribution < 1.29 is 4.79 Å². The van der Waals surface area contributed by atoms with Crippen molar-refractivity contribution in [2.24, 2.45) is 0 Å². The van der Waals surface area contributed by atoms with E-state index < -0.39 is 0 Å². The van der Waals surface area contributed by atoms with Crippen LogP contribution in [0.15, 0.2) is 54.7 Å². The summed E-state index contributed by atoms with van der Waals surface area (Å²) >= 11 is 13.7. The third kappa shape index (κ3) is 2.63. The lowest BCUT2D eigenvalue weighted by Crippen LogP contribution is -2.11. The van der Waals surface area contributed by atoms with Crippen molar-refractivity contribution >= 4 is 67.1 Å². The summed E-state index contributed by atoms with van der Waals surface area (Å²) in [6.45, 7) is 0. The summed E-state index contributed by atoms with van der Waals surface area (Å²) in [4.78, 5) is 17.1. The zero-order chi connectivity index (χ0) is 16.7. The quantitative estimate of drug-likeness (QED) is 0.468. The molecule has 0 spiro atoms. The molecule has 1 N–H and O–H groups in total. The second-order valence-electron chi connectivity index (χ2n) is 5.22. The average molecular weight is 373 g/mol. The van der Waals surface area contributed by atoms with Crippen LogP contribution in [0.2, 0.25) is 10.0 Å². The number of thiophene rings is 1. The molecule has 0 unspecified atom stereocenters. The Kier molecular flexibility index (Phi) is 3.88. The van der Waals surface area contributed by atoms with E-state index in [-0.39, 0.29) is 5.91 Å². The predicted octanol–water partition coefficient (Wildman–Crippen LogP) is 6.01. The fourth-order valence-electron chi connectivity index (χ4n) is 2.60. The van der Waals surface area contributed by atoms with E-state index in [1.807, 2.05) is 36.4 Å². The van der Waals surface area contributed by atoms with Crippen molar-refractivity contribution in [3.63, 3.8) is 0 Å². The summed E-state index contributed by atoms with van der Waals surface area (Å²) in [6.07, 6.45) is 1.48. The number of benzene rings is 2. The van der Waals surface area contributed by atoms with Crippen molar-refractivity contribution in [1.29, 1.82) is 0 Å². The van der Waals surface area contributed by atoms with Gasteiger partial charge in [-0.15, -0.1) is 11.3 Å². The van der Waals surface area contributed by atoms with E-state index in [9.17, 15) is 4.79 Å². The summed E-state index contributed by atoms with van der Waals surface area (Å²) in [5.41, 5.74) is 0. The van der Waals surface area contributed by atoms with Crippen molar-refractivity contribution in [2.75, 3.05) is 5.32 Å². The van der Waals surface area contributed by atoms with Crippen LogP contribution >= 0.6 is 34.5 Å². The molecular formula is C18H10Cl2N2OS. The SMILES string of the molecule is O=C(Nc1ccc(Cl)cn1)c1sc2ccc3ccccc3c2c1Cl. The van der Waals surface area contributed by atoms with Crippen LogP contribution in [0.4, 0.5) is 5.82 Å². The molecule has 3 nitrogen and oxygen atoms in total. The van der Waals surface area contributed by atoms with E-state index in [1.165, 1.54) is 17.5 Å². The number of hydrogen-bond donors (Lipinski definition) is 1. The number of fused-ring (bicyclic) bond motifs is 3. The van der Waals surface area contributed by atoms with Gasteiger partial charge in [0.05, 0.1) is 10.0 Å². The molecule has 0 aliphatic rings. The Morgan fingerprint density at radius 3 is 2.67 bits per heavy atom. The third-order valence-electron chi connectivity index (χ3n) is 3.70. The van der Waals surface area contributed by atoms with Gasteiger partial charge in [-0.3, -0.25) is 4.79 Å². The second-order valence-corrected chi connectivity index (χ2v) is 7.09. The van der Waals surface area contributed by atoms with Gasteiger partial charge in [0.25, 0.3) is 5.91 Å². The van der Waals surface area contributed by atoms with E-state index in [0.717, 1.165) is 20.9 Å². The van der Waals surface area contributed by atoms with Crippen molar-refractivity contribution in [2.45, 2.75) is 0 Å². The number of halogens is 2. The highest BCUT2D eigenvalue weighted by molar-refractivity contribution is 7.22. The van der Waals surface area contributed by atoms with Gasteiger partial charge in [-0.25, -0.2) is 4.98 Å². The van der Waals surface area contributed by atoms with Crippen LogP contribution in [0, 0.1) is 0 Å². The number of carbonyl (C=O) groups is 1. The molecule has 0 aliphatic heterocycles. The number of hydrogen-bond acceptors (Lipinski definition) is 3. The lowest BCUT2D eigenvalue weighted by atomic mass is 10.1. The molecule has 118 valence electrons. The molecule has 6 heteroatoms. The molecule has 2 aromatic carbocycles. The van der Waals surface area contributed by atoms with E-state index in [1.54, 1.807) is 12.1 Å². The zero-order valence-corrected chi connectivity index (χ0v) is 14.5. The Bertz CT molecular complexity index is 1070. The molecule has 0 atom stereocenters. The van der Waals surface area contributed by atoms with Crippen LogP contribution in [-0.2, 0) is 0 Å². The maximum Gasteiger partial charge on any atom is 0.268 e. The van der Waals surface area contributed by atoms with Crippen LogP contribution < -0.4 is 5.32 Å². The molecule has 0 saturated heterocycles. The standard InChI is InChI=1S/C18H10Cl2N2OS/c19-11-6-8-14(21-9-11)22-18(23)17-16(20)15-12-4-2-1-3-10(12)5-7-13(15)24-17/h1-9H,(H,21,22,23). The summed E-state index contributed by atoms with van der Waals surface area (Å²) in [5, 5.41) is 6.78. The molecular weight excluding hydrogens is 363 g/mol. The molecule has 0 fully saturated rings. The molecule has 0 saturated carbocycles. The number of anilines is 1. The number of pyridine rings is 1. The average Bonchev–Trinajstić information content (AvgIpc) is 2.94. The molecule has 0 radical (unpaired) electrons. The minimum absolute atomic E-state index is 0.278. The fraction of sp³-hybridized carbons (Fsp3) is 0. The minimum Gasteiger partial charge on any atom is -0.306 e. The Balaban J connectivity index is 1.79. The van der Waals surface area contributed by atoms with Gasteiger partial charge in [0.2, 0.25) is 0 Å². The topological polar surface area (TPSA) is 42.0 Å². The molecule has 2 heterocycles. The molecule has 1 amide bonds. The smallest absolute Gasteiger partial charge is 0.268 e. The lowest BCUT2D eigenvalue weighted by Gasteiger charge is -2.03. The summed E-state index contributed by atoms with van der Waals surface area (Å²) in [5.74, 6) is 0.155. The monoisotopic (exact) mass is 372 g/mol. The van der Waals surface area contributed by atoms with Gasteiger partial charge >= 0.3 is 0 Å². The predicted molar refractivity (Wildman–Crippen MR) is 102 cm³/mol. The molecule has 2 aromatic heterocycles. The van der Waals surface area contributed by atoms with Crippen molar-refractivity contribution in [3.8, 4) is 0 Å². The van der Waals surface area contributed by atoms with Crippen LogP contribution in [0.1, 0.15) is 9.67 Å². The lowest BCUT2D eigenvalue weighted by molar-refractivity contribution is 0.103. The van der Waals surface area contributed by atoms with Gasteiger partial charge in [-0.2, -0.15) is 0 Å². The summed E-state index contributed by atoms with van der Waals surface area (Å²) < 4.78 is 0.980. The third-order valence-corrected chi connectivity index (χ3v) is 5.56. The Morgan fingerprint density at radius 2 is 1.88 bits per heavy atom. The molecule has 0 bridgehead atoms. The number of rotatable bonds is 2. The Morgan fingerprint density at radius 1 is 1.04 bits per heavy atom. The van der Waals surface area contributed by atoms with Gasteiger partial charge in [-0.05, 0) is 29.0 Å². The van der Waals surface area contributed by atoms with Gasteiger partial charge in [0.15, 0.2) is 0 Å². The minimum atomic E-state index is -0.278. The van der Waals surface area contributed by atoms with Crippen LogP contribution in [-0.4, -0.2) is 10.9 Å². The molecule has 4 aromatic rings. The first kappa shape index (κ1) is 15.4. The second kappa shape index (κ2) is 6.06. The summed E-state index contributed by atoms with van der Waals surface area (Å²) in [7, 11) is 0. The number of amides is 1. The van der Waals surface area contributed by atoms with Crippen LogP contribution in [0.25, 0.3) is 20.9 Å².